The summed E-state index contributed by atoms with van der Waals surface area (Å²) in [7, 11) is 6.00. The summed E-state index contributed by atoms with van der Waals surface area (Å²) in [5, 5.41) is 0.567. The molecule has 0 aliphatic rings. The van der Waals surface area contributed by atoms with E-state index in [1.807, 2.05) is 0 Å². The second-order valence-corrected chi connectivity index (χ2v) is 3.45. The number of methoxy groups -OCH3 is 4. The lowest BCUT2D eigenvalue weighted by Crippen LogP contribution is -2.33. The van der Waals surface area contributed by atoms with Crippen molar-refractivity contribution in [2.24, 2.45) is 0 Å². The minimum atomic E-state index is -1.28. The predicted octanol–water partition coefficient (Wildman–Crippen LogP) is 2.40. The molecule has 0 radical (unpaired) electrons. The first-order chi connectivity index (χ1) is 7.63. The Morgan fingerprint density at radius 1 is 1.00 bits per heavy atom. The van der Waals surface area contributed by atoms with Crippen molar-refractivity contribution >= 4 is 11.6 Å². The summed E-state index contributed by atoms with van der Waals surface area (Å²) in [6.45, 7) is 0. The first kappa shape index (κ1) is 13.3. The van der Waals surface area contributed by atoms with E-state index < -0.39 is 5.97 Å². The second kappa shape index (κ2) is 5.50. The van der Waals surface area contributed by atoms with Crippen LogP contribution in [-0.2, 0) is 20.2 Å². The van der Waals surface area contributed by atoms with E-state index in [2.05, 4.69) is 0 Å². The summed E-state index contributed by atoms with van der Waals surface area (Å²) < 4.78 is 20.9. The molecule has 0 aromatic heterocycles. The number of rotatable bonds is 5. The summed E-state index contributed by atoms with van der Waals surface area (Å²) in [5.41, 5.74) is 0.618. The van der Waals surface area contributed by atoms with Crippen molar-refractivity contribution in [2.75, 3.05) is 28.4 Å². The molecule has 0 fully saturated rings. The molecule has 0 aliphatic heterocycles. The van der Waals surface area contributed by atoms with E-state index in [-0.39, 0.29) is 0 Å². The zero-order valence-corrected chi connectivity index (χ0v) is 10.5. The summed E-state index contributed by atoms with van der Waals surface area (Å²) in [6.07, 6.45) is 0. The standard InChI is InChI=1S/C11H15ClO4/c1-13-10-7-8(12)5-6-9(10)11(14-2,15-3)16-4/h5-7H,1-4H3. The molecule has 90 valence electrons. The van der Waals surface area contributed by atoms with Gasteiger partial charge in [-0.2, -0.15) is 0 Å². The van der Waals surface area contributed by atoms with Crippen molar-refractivity contribution in [1.29, 1.82) is 0 Å². The Hall–Kier alpha value is -0.810. The Bertz CT molecular complexity index is 342. The lowest BCUT2D eigenvalue weighted by Gasteiger charge is -2.30. The lowest BCUT2D eigenvalue weighted by atomic mass is 10.1. The number of benzene rings is 1. The van der Waals surface area contributed by atoms with Gasteiger partial charge in [0.2, 0.25) is 0 Å². The topological polar surface area (TPSA) is 36.9 Å². The number of hydrogen-bond donors (Lipinski definition) is 0. The van der Waals surface area contributed by atoms with Crippen LogP contribution in [0.3, 0.4) is 0 Å². The van der Waals surface area contributed by atoms with Gasteiger partial charge in [-0.25, -0.2) is 0 Å². The van der Waals surface area contributed by atoms with Crippen LogP contribution in [-0.4, -0.2) is 28.4 Å². The van der Waals surface area contributed by atoms with Crippen LogP contribution < -0.4 is 4.74 Å². The van der Waals surface area contributed by atoms with Crippen molar-refractivity contribution in [3.63, 3.8) is 0 Å². The third kappa shape index (κ3) is 2.30. The molecule has 1 rings (SSSR count). The van der Waals surface area contributed by atoms with Gasteiger partial charge in [0, 0.05) is 26.4 Å². The van der Waals surface area contributed by atoms with E-state index in [0.29, 0.717) is 16.3 Å². The largest absolute Gasteiger partial charge is 0.496 e. The molecular weight excluding hydrogens is 232 g/mol. The van der Waals surface area contributed by atoms with Crippen LogP contribution in [0.5, 0.6) is 5.75 Å². The van der Waals surface area contributed by atoms with Gasteiger partial charge >= 0.3 is 5.97 Å². The highest BCUT2D eigenvalue weighted by Crippen LogP contribution is 2.35. The van der Waals surface area contributed by atoms with E-state index in [1.165, 1.54) is 21.3 Å². The van der Waals surface area contributed by atoms with E-state index in [4.69, 9.17) is 30.5 Å². The predicted molar refractivity (Wildman–Crippen MR) is 60.7 cm³/mol. The molecule has 0 aliphatic carbocycles. The van der Waals surface area contributed by atoms with Gasteiger partial charge in [-0.1, -0.05) is 11.6 Å². The second-order valence-electron chi connectivity index (χ2n) is 3.01. The van der Waals surface area contributed by atoms with Crippen LogP contribution in [0.2, 0.25) is 5.02 Å². The third-order valence-electron chi connectivity index (χ3n) is 2.30. The molecule has 1 aromatic rings. The molecule has 0 bridgehead atoms. The smallest absolute Gasteiger partial charge is 0.314 e. The number of hydrogen-bond acceptors (Lipinski definition) is 4. The Balaban J connectivity index is 3.28. The number of ether oxygens (including phenoxy) is 4. The Morgan fingerprint density at radius 3 is 2.00 bits per heavy atom. The molecule has 0 amide bonds. The first-order valence-electron chi connectivity index (χ1n) is 4.63. The van der Waals surface area contributed by atoms with Gasteiger partial charge in [0.15, 0.2) is 0 Å². The molecular formula is C11H15ClO4. The molecule has 0 unspecified atom stereocenters. The Morgan fingerprint density at radius 2 is 1.56 bits per heavy atom. The quantitative estimate of drug-likeness (QED) is 0.748. The van der Waals surface area contributed by atoms with Crippen LogP contribution >= 0.6 is 11.6 Å². The molecule has 5 heteroatoms. The molecule has 0 saturated carbocycles. The summed E-state index contributed by atoms with van der Waals surface area (Å²) in [4.78, 5) is 0. The maximum Gasteiger partial charge on any atom is 0.314 e. The molecule has 16 heavy (non-hydrogen) atoms. The van der Waals surface area contributed by atoms with Crippen LogP contribution in [0.4, 0.5) is 0 Å². The Labute approximate surface area is 100 Å². The molecule has 0 N–H and O–H groups in total. The molecule has 1 aromatic carbocycles. The van der Waals surface area contributed by atoms with Crippen molar-refractivity contribution in [1.82, 2.24) is 0 Å². The van der Waals surface area contributed by atoms with Gasteiger partial charge in [-0.15, -0.1) is 0 Å². The van der Waals surface area contributed by atoms with Crippen LogP contribution in [0.15, 0.2) is 18.2 Å². The monoisotopic (exact) mass is 246 g/mol. The van der Waals surface area contributed by atoms with Crippen LogP contribution in [0.25, 0.3) is 0 Å². The summed E-state index contributed by atoms with van der Waals surface area (Å²) in [5.74, 6) is -0.742. The fraction of sp³-hybridized carbons (Fsp3) is 0.455. The van der Waals surface area contributed by atoms with Crippen molar-refractivity contribution < 1.29 is 18.9 Å². The zero-order valence-electron chi connectivity index (χ0n) is 9.74. The highest BCUT2D eigenvalue weighted by atomic mass is 35.5. The molecule has 0 atom stereocenters. The van der Waals surface area contributed by atoms with E-state index >= 15 is 0 Å². The lowest BCUT2D eigenvalue weighted by molar-refractivity contribution is -0.365. The van der Waals surface area contributed by atoms with Gasteiger partial charge in [0.25, 0.3) is 0 Å². The third-order valence-corrected chi connectivity index (χ3v) is 2.53. The fourth-order valence-electron chi connectivity index (χ4n) is 1.50. The van der Waals surface area contributed by atoms with Crippen molar-refractivity contribution in [3.8, 4) is 5.75 Å². The van der Waals surface area contributed by atoms with Gasteiger partial charge in [-0.3, -0.25) is 0 Å². The normalized spacial score (nSPS) is 11.6. The van der Waals surface area contributed by atoms with E-state index in [9.17, 15) is 0 Å². The average molecular weight is 247 g/mol. The highest BCUT2D eigenvalue weighted by molar-refractivity contribution is 6.30. The minimum Gasteiger partial charge on any atom is -0.496 e. The molecule has 0 saturated heterocycles. The van der Waals surface area contributed by atoms with Gasteiger partial charge < -0.3 is 18.9 Å². The van der Waals surface area contributed by atoms with E-state index in [1.54, 1.807) is 25.3 Å². The summed E-state index contributed by atoms with van der Waals surface area (Å²) in [6, 6.07) is 5.12. The SMILES string of the molecule is COc1cc(Cl)ccc1C(OC)(OC)OC. The Kier molecular flexibility index (Phi) is 4.56. The fourth-order valence-corrected chi connectivity index (χ4v) is 1.66. The van der Waals surface area contributed by atoms with Gasteiger partial charge in [-0.05, 0) is 18.2 Å². The molecule has 0 heterocycles. The van der Waals surface area contributed by atoms with Gasteiger partial charge in [0.05, 0.1) is 12.7 Å². The van der Waals surface area contributed by atoms with Crippen LogP contribution in [0.1, 0.15) is 5.56 Å². The van der Waals surface area contributed by atoms with Gasteiger partial charge in [0.1, 0.15) is 5.75 Å². The highest BCUT2D eigenvalue weighted by Gasteiger charge is 2.35. The zero-order chi connectivity index (χ0) is 12.2. The summed E-state index contributed by atoms with van der Waals surface area (Å²) >= 11 is 5.87. The first-order valence-corrected chi connectivity index (χ1v) is 5.00. The molecule has 0 spiro atoms. The van der Waals surface area contributed by atoms with Crippen molar-refractivity contribution in [2.45, 2.75) is 5.97 Å². The molecule has 4 nitrogen and oxygen atoms in total. The maximum atomic E-state index is 5.87. The average Bonchev–Trinajstić information content (AvgIpc) is 2.33. The van der Waals surface area contributed by atoms with Crippen molar-refractivity contribution in [3.05, 3.63) is 28.8 Å². The van der Waals surface area contributed by atoms with E-state index in [0.717, 1.165) is 0 Å². The number of halogens is 1. The van der Waals surface area contributed by atoms with Crippen LogP contribution in [0, 0.1) is 0 Å². The maximum absolute atomic E-state index is 5.87. The minimum absolute atomic E-state index is 0.540.